The third kappa shape index (κ3) is 3.25. The number of rotatable bonds is 2. The highest BCUT2D eigenvalue weighted by Gasteiger charge is 2.45. The quantitative estimate of drug-likeness (QED) is 0.702. The lowest BCUT2D eigenvalue weighted by molar-refractivity contribution is -0.136. The first-order chi connectivity index (χ1) is 14.2. The molecule has 2 aliphatic heterocycles. The lowest BCUT2D eigenvalue weighted by atomic mass is 9.74. The number of fused-ring (bicyclic) bond motifs is 3. The summed E-state index contributed by atoms with van der Waals surface area (Å²) < 4.78 is 11.3. The van der Waals surface area contributed by atoms with E-state index in [1.165, 1.54) is 18.2 Å². The molecule has 5 rings (SSSR count). The number of para-hydroxylation sites is 2. The van der Waals surface area contributed by atoms with Gasteiger partial charge in [0.2, 0.25) is 0 Å². The topological polar surface area (TPSA) is 38.8 Å². The highest BCUT2D eigenvalue weighted by Crippen LogP contribution is 2.52. The standard InChI is InChI=1S/C25H27NO3/c1-28-24(27)19-8-6-14-26(17-19)20-12-13-25(16-20)15-18-7-2-4-10-22(18)29-23-11-5-3-9-21(23)25/h2-5,7-11,20H,6,12-17H2,1H3. The molecule has 4 nitrogen and oxygen atoms in total. The van der Waals surface area contributed by atoms with Crippen molar-refractivity contribution in [2.75, 3.05) is 20.2 Å². The second-order valence-electron chi connectivity index (χ2n) is 8.54. The smallest absolute Gasteiger partial charge is 0.334 e. The second-order valence-corrected chi connectivity index (χ2v) is 8.54. The maximum Gasteiger partial charge on any atom is 0.334 e. The van der Waals surface area contributed by atoms with Gasteiger partial charge in [-0.05, 0) is 49.8 Å². The first kappa shape index (κ1) is 18.4. The predicted molar refractivity (Wildman–Crippen MR) is 112 cm³/mol. The summed E-state index contributed by atoms with van der Waals surface area (Å²) in [6, 6.07) is 17.5. The van der Waals surface area contributed by atoms with Crippen LogP contribution in [0.3, 0.4) is 0 Å². The molecule has 2 aromatic rings. The molecule has 0 N–H and O–H groups in total. The Hall–Kier alpha value is -2.59. The number of carbonyl (C=O) groups excluding carboxylic acids is 1. The van der Waals surface area contributed by atoms with Gasteiger partial charge in [-0.3, -0.25) is 4.90 Å². The first-order valence-corrected chi connectivity index (χ1v) is 10.6. The number of benzene rings is 2. The monoisotopic (exact) mass is 389 g/mol. The van der Waals surface area contributed by atoms with Crippen molar-refractivity contribution in [2.24, 2.45) is 0 Å². The highest BCUT2D eigenvalue weighted by molar-refractivity contribution is 5.88. The van der Waals surface area contributed by atoms with Crippen LogP contribution in [0, 0.1) is 0 Å². The third-order valence-corrected chi connectivity index (χ3v) is 6.91. The van der Waals surface area contributed by atoms with Crippen molar-refractivity contribution in [3.63, 3.8) is 0 Å². The van der Waals surface area contributed by atoms with E-state index < -0.39 is 0 Å². The Balaban J connectivity index is 1.45. The molecule has 2 aromatic carbocycles. The Labute approximate surface area is 172 Å². The fraction of sp³-hybridized carbons (Fsp3) is 0.400. The van der Waals surface area contributed by atoms with E-state index in [4.69, 9.17) is 9.47 Å². The van der Waals surface area contributed by atoms with Gasteiger partial charge in [0.05, 0.1) is 7.11 Å². The van der Waals surface area contributed by atoms with Crippen LogP contribution in [-0.4, -0.2) is 37.1 Å². The number of hydrogen-bond acceptors (Lipinski definition) is 4. The zero-order valence-corrected chi connectivity index (χ0v) is 16.9. The molecule has 29 heavy (non-hydrogen) atoms. The number of methoxy groups -OCH3 is 1. The molecule has 2 heterocycles. The molecule has 1 aliphatic carbocycles. The minimum absolute atomic E-state index is 0.0838. The maximum atomic E-state index is 12.0. The van der Waals surface area contributed by atoms with Gasteiger partial charge in [0.25, 0.3) is 0 Å². The van der Waals surface area contributed by atoms with E-state index in [0.29, 0.717) is 12.6 Å². The lowest BCUT2D eigenvalue weighted by Gasteiger charge is -2.34. The van der Waals surface area contributed by atoms with E-state index >= 15 is 0 Å². The van der Waals surface area contributed by atoms with Gasteiger partial charge in [-0.25, -0.2) is 4.79 Å². The molecule has 4 heteroatoms. The van der Waals surface area contributed by atoms with E-state index in [-0.39, 0.29) is 11.4 Å². The third-order valence-electron chi connectivity index (χ3n) is 6.91. The average molecular weight is 389 g/mol. The minimum Gasteiger partial charge on any atom is -0.466 e. The number of nitrogens with zero attached hydrogens (tertiary/aromatic N) is 1. The van der Waals surface area contributed by atoms with Gasteiger partial charge in [-0.2, -0.15) is 0 Å². The van der Waals surface area contributed by atoms with Gasteiger partial charge in [-0.1, -0.05) is 42.5 Å². The van der Waals surface area contributed by atoms with Crippen molar-refractivity contribution in [2.45, 2.75) is 43.6 Å². The van der Waals surface area contributed by atoms with Crippen LogP contribution < -0.4 is 4.74 Å². The summed E-state index contributed by atoms with van der Waals surface area (Å²) in [5.74, 6) is 1.78. The number of hydrogen-bond donors (Lipinski definition) is 0. The largest absolute Gasteiger partial charge is 0.466 e. The molecule has 2 unspecified atom stereocenters. The summed E-state index contributed by atoms with van der Waals surface area (Å²) in [5.41, 5.74) is 3.51. The van der Waals surface area contributed by atoms with Gasteiger partial charge >= 0.3 is 5.97 Å². The van der Waals surface area contributed by atoms with E-state index in [1.807, 2.05) is 12.1 Å². The maximum absolute atomic E-state index is 12.0. The lowest BCUT2D eigenvalue weighted by Crippen LogP contribution is -2.40. The van der Waals surface area contributed by atoms with Crippen molar-refractivity contribution in [3.8, 4) is 11.5 Å². The molecule has 1 saturated carbocycles. The van der Waals surface area contributed by atoms with Crippen molar-refractivity contribution in [1.82, 2.24) is 4.90 Å². The SMILES string of the molecule is COC(=O)C1=CCCN(C2CCC3(Cc4ccccc4Oc4ccccc43)C2)C1. The van der Waals surface area contributed by atoms with Crippen molar-refractivity contribution in [3.05, 3.63) is 71.3 Å². The summed E-state index contributed by atoms with van der Waals surface area (Å²) >= 11 is 0. The molecule has 150 valence electrons. The van der Waals surface area contributed by atoms with E-state index in [2.05, 4.69) is 47.4 Å². The van der Waals surface area contributed by atoms with Gasteiger partial charge < -0.3 is 9.47 Å². The van der Waals surface area contributed by atoms with E-state index in [9.17, 15) is 4.79 Å². The van der Waals surface area contributed by atoms with Gasteiger partial charge in [-0.15, -0.1) is 0 Å². The van der Waals surface area contributed by atoms with Crippen LogP contribution in [0.4, 0.5) is 0 Å². The van der Waals surface area contributed by atoms with Crippen molar-refractivity contribution in [1.29, 1.82) is 0 Å². The zero-order chi connectivity index (χ0) is 19.8. The molecule has 0 aromatic heterocycles. The van der Waals surface area contributed by atoms with Crippen LogP contribution >= 0.6 is 0 Å². The zero-order valence-electron chi connectivity index (χ0n) is 16.9. The molecular formula is C25H27NO3. The molecule has 0 radical (unpaired) electrons. The summed E-state index contributed by atoms with van der Waals surface area (Å²) in [5, 5.41) is 0. The summed E-state index contributed by atoms with van der Waals surface area (Å²) in [7, 11) is 1.46. The van der Waals surface area contributed by atoms with Crippen LogP contribution in [-0.2, 0) is 21.4 Å². The predicted octanol–water partition coefficient (Wildman–Crippen LogP) is 4.63. The van der Waals surface area contributed by atoms with Crippen molar-refractivity contribution < 1.29 is 14.3 Å². The average Bonchev–Trinajstić information content (AvgIpc) is 3.14. The van der Waals surface area contributed by atoms with Crippen LogP contribution in [0.25, 0.3) is 0 Å². The molecular weight excluding hydrogens is 362 g/mol. The van der Waals surface area contributed by atoms with Crippen LogP contribution in [0.2, 0.25) is 0 Å². The highest BCUT2D eigenvalue weighted by atomic mass is 16.5. The van der Waals surface area contributed by atoms with Gasteiger partial charge in [0, 0.05) is 35.7 Å². The molecule has 1 fully saturated rings. The van der Waals surface area contributed by atoms with Crippen LogP contribution in [0.15, 0.2) is 60.2 Å². The number of ether oxygens (including phenoxy) is 2. The normalized spacial score (nSPS) is 26.1. The molecule has 2 atom stereocenters. The second kappa shape index (κ2) is 7.34. The Bertz CT molecular complexity index is 966. The van der Waals surface area contributed by atoms with E-state index in [0.717, 1.165) is 55.7 Å². The summed E-state index contributed by atoms with van der Waals surface area (Å²) in [4.78, 5) is 14.5. The Morgan fingerprint density at radius 3 is 2.79 bits per heavy atom. The Kier molecular flexibility index (Phi) is 4.67. The number of esters is 1. The summed E-state index contributed by atoms with van der Waals surface area (Å²) in [6.07, 6.45) is 7.33. The first-order valence-electron chi connectivity index (χ1n) is 10.6. The molecule has 0 bridgehead atoms. The minimum atomic E-state index is -0.190. The van der Waals surface area contributed by atoms with Gasteiger partial charge in [0.1, 0.15) is 11.5 Å². The molecule has 0 amide bonds. The van der Waals surface area contributed by atoms with Gasteiger partial charge in [0.15, 0.2) is 0 Å². The van der Waals surface area contributed by atoms with E-state index in [1.54, 1.807) is 0 Å². The van der Waals surface area contributed by atoms with Crippen LogP contribution in [0.1, 0.15) is 36.8 Å². The fourth-order valence-electron chi connectivity index (χ4n) is 5.49. The molecule has 3 aliphatic rings. The Morgan fingerprint density at radius 1 is 1.14 bits per heavy atom. The summed E-state index contributed by atoms with van der Waals surface area (Å²) in [6.45, 7) is 1.71. The van der Waals surface area contributed by atoms with Crippen LogP contribution in [0.5, 0.6) is 11.5 Å². The number of carbonyl (C=O) groups is 1. The molecule has 1 spiro atoms. The Morgan fingerprint density at radius 2 is 1.93 bits per heavy atom. The fourth-order valence-corrected chi connectivity index (χ4v) is 5.49. The molecule has 0 saturated heterocycles. The van der Waals surface area contributed by atoms with Crippen molar-refractivity contribution >= 4 is 5.97 Å².